The molecule has 2 rings (SSSR count). The molecule has 0 atom stereocenters. The van der Waals surface area contributed by atoms with Gasteiger partial charge in [-0.25, -0.2) is 0 Å². The van der Waals surface area contributed by atoms with Crippen LogP contribution in [0.2, 0.25) is 0 Å². The van der Waals surface area contributed by atoms with E-state index in [0.717, 1.165) is 5.69 Å². The van der Waals surface area contributed by atoms with Gasteiger partial charge in [0.05, 0.1) is 17.4 Å². The zero-order valence-corrected chi connectivity index (χ0v) is 10.2. The van der Waals surface area contributed by atoms with Crippen LogP contribution in [0.4, 0.5) is 5.69 Å². The molecular formula is C13H17N3. The molecule has 0 unspecified atom stereocenters. The highest BCUT2D eigenvalue weighted by molar-refractivity contribution is 5.57. The molecule has 3 nitrogen and oxygen atoms in total. The smallest absolute Gasteiger partial charge is 0.101 e. The first-order valence-electron chi connectivity index (χ1n) is 5.52. The van der Waals surface area contributed by atoms with Gasteiger partial charge in [0, 0.05) is 12.2 Å². The number of nitriles is 1. The monoisotopic (exact) mass is 215 g/mol. The van der Waals surface area contributed by atoms with Gasteiger partial charge in [-0.15, -0.1) is 0 Å². The second-order valence-electron chi connectivity index (χ2n) is 5.55. The molecule has 0 saturated heterocycles. The van der Waals surface area contributed by atoms with E-state index in [-0.39, 0.29) is 10.8 Å². The van der Waals surface area contributed by atoms with Crippen LogP contribution in [0.5, 0.6) is 0 Å². The van der Waals surface area contributed by atoms with Gasteiger partial charge in [-0.2, -0.15) is 5.26 Å². The SMILES string of the molecule is CC1(C)C(Nc2cnccc2C#N)C1(C)C. The van der Waals surface area contributed by atoms with Crippen LogP contribution in [0.15, 0.2) is 18.5 Å². The Hall–Kier alpha value is -1.56. The minimum atomic E-state index is 0.259. The molecule has 0 radical (unpaired) electrons. The van der Waals surface area contributed by atoms with Gasteiger partial charge in [0.2, 0.25) is 0 Å². The van der Waals surface area contributed by atoms with Crippen LogP contribution >= 0.6 is 0 Å². The molecule has 0 aromatic carbocycles. The lowest BCUT2D eigenvalue weighted by molar-refractivity contribution is 0.457. The van der Waals surface area contributed by atoms with Crippen molar-refractivity contribution in [2.24, 2.45) is 10.8 Å². The summed E-state index contributed by atoms with van der Waals surface area (Å²) in [4.78, 5) is 4.06. The Morgan fingerprint density at radius 1 is 1.31 bits per heavy atom. The summed E-state index contributed by atoms with van der Waals surface area (Å²) < 4.78 is 0. The maximum atomic E-state index is 8.99. The van der Waals surface area contributed by atoms with Crippen molar-refractivity contribution in [2.45, 2.75) is 33.7 Å². The number of pyridine rings is 1. The van der Waals surface area contributed by atoms with Crippen LogP contribution in [0.25, 0.3) is 0 Å². The fourth-order valence-electron chi connectivity index (χ4n) is 2.32. The Morgan fingerprint density at radius 3 is 2.44 bits per heavy atom. The molecule has 16 heavy (non-hydrogen) atoms. The van der Waals surface area contributed by atoms with Crippen LogP contribution in [0.1, 0.15) is 33.3 Å². The molecule has 84 valence electrons. The first-order chi connectivity index (χ1) is 7.41. The zero-order chi connectivity index (χ0) is 12.0. The molecule has 1 aliphatic carbocycles. The van der Waals surface area contributed by atoms with Gasteiger partial charge < -0.3 is 5.32 Å². The standard InChI is InChI=1S/C13H17N3/c1-12(2)11(13(12,3)4)16-10-8-15-6-5-9(10)7-14/h5-6,8,11,16H,1-4H3. The molecule has 1 aromatic heterocycles. The predicted octanol–water partition coefficient (Wildman–Crippen LogP) is 2.80. The van der Waals surface area contributed by atoms with Crippen molar-refractivity contribution in [3.63, 3.8) is 0 Å². The van der Waals surface area contributed by atoms with Crippen LogP contribution in [0, 0.1) is 22.2 Å². The van der Waals surface area contributed by atoms with E-state index >= 15 is 0 Å². The number of hydrogen-bond donors (Lipinski definition) is 1. The number of nitrogens with zero attached hydrogens (tertiary/aromatic N) is 2. The Morgan fingerprint density at radius 2 is 1.94 bits per heavy atom. The van der Waals surface area contributed by atoms with Crippen molar-refractivity contribution in [2.75, 3.05) is 5.32 Å². The second kappa shape index (κ2) is 3.21. The first-order valence-corrected chi connectivity index (χ1v) is 5.52. The van der Waals surface area contributed by atoms with E-state index in [0.29, 0.717) is 11.6 Å². The molecule has 1 heterocycles. The van der Waals surface area contributed by atoms with E-state index in [1.165, 1.54) is 0 Å². The van der Waals surface area contributed by atoms with Gasteiger partial charge >= 0.3 is 0 Å². The van der Waals surface area contributed by atoms with Crippen LogP contribution in [-0.4, -0.2) is 11.0 Å². The highest BCUT2D eigenvalue weighted by Crippen LogP contribution is 2.63. The molecule has 1 fully saturated rings. The Bertz CT molecular complexity index is 440. The van der Waals surface area contributed by atoms with E-state index in [1.807, 2.05) is 0 Å². The minimum absolute atomic E-state index is 0.259. The topological polar surface area (TPSA) is 48.7 Å². The van der Waals surface area contributed by atoms with Gasteiger partial charge in [0.15, 0.2) is 0 Å². The van der Waals surface area contributed by atoms with E-state index in [2.05, 4.69) is 44.1 Å². The first kappa shape index (κ1) is 10.9. The number of aromatic nitrogens is 1. The second-order valence-corrected chi connectivity index (χ2v) is 5.55. The Balaban J connectivity index is 2.22. The molecular weight excluding hydrogens is 198 g/mol. The molecule has 1 aromatic rings. The van der Waals surface area contributed by atoms with Crippen molar-refractivity contribution in [3.05, 3.63) is 24.0 Å². The van der Waals surface area contributed by atoms with E-state index in [9.17, 15) is 0 Å². The molecule has 0 bridgehead atoms. The lowest BCUT2D eigenvalue weighted by atomic mass is 10.0. The lowest BCUT2D eigenvalue weighted by Crippen LogP contribution is -2.11. The fraction of sp³-hybridized carbons (Fsp3) is 0.538. The lowest BCUT2D eigenvalue weighted by Gasteiger charge is -2.08. The summed E-state index contributed by atoms with van der Waals surface area (Å²) in [5, 5.41) is 12.4. The van der Waals surface area contributed by atoms with Gasteiger partial charge in [-0.1, -0.05) is 27.7 Å². The highest BCUT2D eigenvalue weighted by atomic mass is 15.1. The Kier molecular flexibility index (Phi) is 2.20. The summed E-state index contributed by atoms with van der Waals surface area (Å²) in [7, 11) is 0. The third-order valence-corrected chi connectivity index (χ3v) is 4.26. The van der Waals surface area contributed by atoms with Crippen molar-refractivity contribution >= 4 is 5.69 Å². The highest BCUT2D eigenvalue weighted by Gasteiger charge is 2.65. The summed E-state index contributed by atoms with van der Waals surface area (Å²) in [6.45, 7) is 8.97. The van der Waals surface area contributed by atoms with Crippen molar-refractivity contribution in [1.82, 2.24) is 4.98 Å². The third-order valence-electron chi connectivity index (χ3n) is 4.26. The third kappa shape index (κ3) is 1.37. The summed E-state index contributed by atoms with van der Waals surface area (Å²) in [5.74, 6) is 0. The molecule has 1 N–H and O–H groups in total. The molecule has 1 saturated carbocycles. The van der Waals surface area contributed by atoms with E-state index in [1.54, 1.807) is 18.5 Å². The average molecular weight is 215 g/mol. The van der Waals surface area contributed by atoms with Crippen LogP contribution < -0.4 is 5.32 Å². The number of nitrogens with one attached hydrogen (secondary N) is 1. The largest absolute Gasteiger partial charge is 0.379 e. The van der Waals surface area contributed by atoms with Gasteiger partial charge in [-0.3, -0.25) is 4.98 Å². The molecule has 3 heteroatoms. The quantitative estimate of drug-likeness (QED) is 0.825. The Labute approximate surface area is 96.5 Å². The summed E-state index contributed by atoms with van der Waals surface area (Å²) in [6, 6.07) is 4.32. The zero-order valence-electron chi connectivity index (χ0n) is 10.2. The molecule has 0 aliphatic heterocycles. The van der Waals surface area contributed by atoms with Gasteiger partial charge in [0.1, 0.15) is 6.07 Å². The number of rotatable bonds is 2. The molecule has 0 amide bonds. The minimum Gasteiger partial charge on any atom is -0.379 e. The predicted molar refractivity (Wildman–Crippen MR) is 63.9 cm³/mol. The molecule has 1 aliphatic rings. The van der Waals surface area contributed by atoms with Crippen molar-refractivity contribution in [3.8, 4) is 6.07 Å². The van der Waals surface area contributed by atoms with Crippen LogP contribution in [-0.2, 0) is 0 Å². The van der Waals surface area contributed by atoms with Gasteiger partial charge in [-0.05, 0) is 16.9 Å². The van der Waals surface area contributed by atoms with E-state index < -0.39 is 0 Å². The van der Waals surface area contributed by atoms with Crippen molar-refractivity contribution in [1.29, 1.82) is 5.26 Å². The summed E-state index contributed by atoms with van der Waals surface area (Å²) in [5.41, 5.74) is 2.02. The average Bonchev–Trinajstić information content (AvgIpc) is 2.62. The molecule has 0 spiro atoms. The summed E-state index contributed by atoms with van der Waals surface area (Å²) >= 11 is 0. The van der Waals surface area contributed by atoms with Gasteiger partial charge in [0.25, 0.3) is 0 Å². The maximum absolute atomic E-state index is 8.99. The number of hydrogen-bond acceptors (Lipinski definition) is 3. The normalized spacial score (nSPS) is 21.2. The van der Waals surface area contributed by atoms with E-state index in [4.69, 9.17) is 5.26 Å². The van der Waals surface area contributed by atoms with Crippen molar-refractivity contribution < 1.29 is 0 Å². The number of anilines is 1. The fourth-order valence-corrected chi connectivity index (χ4v) is 2.32. The maximum Gasteiger partial charge on any atom is 0.101 e. The summed E-state index contributed by atoms with van der Waals surface area (Å²) in [6.07, 6.45) is 3.37. The van der Waals surface area contributed by atoms with Crippen LogP contribution in [0.3, 0.4) is 0 Å².